The first-order valence-corrected chi connectivity index (χ1v) is 9.08. The third kappa shape index (κ3) is 4.15. The van der Waals surface area contributed by atoms with Crippen molar-refractivity contribution in [2.75, 3.05) is 13.1 Å². The normalized spacial score (nSPS) is 10.9. The summed E-state index contributed by atoms with van der Waals surface area (Å²) < 4.78 is 5.62. The Kier molecular flexibility index (Phi) is 5.96. The van der Waals surface area contributed by atoms with E-state index in [2.05, 4.69) is 5.32 Å². The fourth-order valence-corrected chi connectivity index (χ4v) is 2.87. The van der Waals surface area contributed by atoms with E-state index < -0.39 is 5.75 Å². The van der Waals surface area contributed by atoms with E-state index in [-0.39, 0.29) is 33.8 Å². The van der Waals surface area contributed by atoms with Crippen LogP contribution in [0.2, 0.25) is 0 Å². The van der Waals surface area contributed by atoms with Crippen LogP contribution in [0.4, 0.5) is 0 Å². The zero-order valence-corrected chi connectivity index (χ0v) is 15.3. The van der Waals surface area contributed by atoms with Gasteiger partial charge in [-0.2, -0.15) is 0 Å². The predicted molar refractivity (Wildman–Crippen MR) is 106 cm³/mol. The van der Waals surface area contributed by atoms with Crippen LogP contribution in [0.3, 0.4) is 0 Å². The maximum absolute atomic E-state index is 12.3. The number of nitrogens with one attached hydrogen (secondary N) is 1. The number of benzene rings is 2. The number of nitrogens with two attached hydrogens (primary N) is 1. The molecule has 0 fully saturated rings. The summed E-state index contributed by atoms with van der Waals surface area (Å²) >= 11 is 0. The zero-order chi connectivity index (χ0) is 20.1. The fourth-order valence-electron chi connectivity index (χ4n) is 2.87. The number of fused-ring (bicyclic) bond motifs is 1. The maximum Gasteiger partial charge on any atom is 0.251 e. The van der Waals surface area contributed by atoms with Gasteiger partial charge in [0.2, 0.25) is 5.75 Å². The molecule has 2 aromatic carbocycles. The van der Waals surface area contributed by atoms with Gasteiger partial charge in [-0.15, -0.1) is 0 Å². The van der Waals surface area contributed by atoms with Crippen LogP contribution >= 0.6 is 0 Å². The molecule has 0 aliphatic heterocycles. The van der Waals surface area contributed by atoms with Crippen molar-refractivity contribution in [2.24, 2.45) is 5.73 Å². The molecule has 3 aromatic rings. The van der Waals surface area contributed by atoms with Crippen molar-refractivity contribution in [2.45, 2.75) is 19.3 Å². The molecule has 0 saturated carbocycles. The van der Waals surface area contributed by atoms with E-state index in [9.17, 15) is 19.8 Å². The molecule has 7 heteroatoms. The second-order valence-corrected chi connectivity index (χ2v) is 6.47. The average Bonchev–Trinajstić information content (AvgIpc) is 2.70. The Bertz CT molecular complexity index is 1040. The first-order chi connectivity index (χ1) is 13.5. The predicted octanol–water partition coefficient (Wildman–Crippen LogP) is 2.73. The minimum Gasteiger partial charge on any atom is -0.504 e. The fraction of sp³-hybridized carbons (Fsp3) is 0.238. The molecule has 0 unspecified atom stereocenters. The molecule has 0 saturated heterocycles. The Morgan fingerprint density at radius 2 is 1.79 bits per heavy atom. The second kappa shape index (κ2) is 8.58. The minimum atomic E-state index is -0.484. The van der Waals surface area contributed by atoms with Crippen LogP contribution in [0.1, 0.15) is 29.6 Å². The van der Waals surface area contributed by atoms with Crippen LogP contribution in [-0.2, 0) is 0 Å². The van der Waals surface area contributed by atoms with Crippen molar-refractivity contribution in [1.29, 1.82) is 0 Å². The number of amides is 1. The lowest BCUT2D eigenvalue weighted by Gasteiger charge is -2.07. The largest absolute Gasteiger partial charge is 0.504 e. The van der Waals surface area contributed by atoms with Crippen LogP contribution < -0.4 is 16.5 Å². The highest BCUT2D eigenvalue weighted by atomic mass is 16.4. The molecule has 1 heterocycles. The lowest BCUT2D eigenvalue weighted by molar-refractivity contribution is 0.0953. The number of carbonyl (C=O) groups excluding carboxylic acids is 1. The van der Waals surface area contributed by atoms with E-state index in [0.717, 1.165) is 19.3 Å². The number of carbonyl (C=O) groups is 1. The number of phenolic OH excluding ortho intramolecular Hbond substituents is 2. The average molecular weight is 382 g/mol. The van der Waals surface area contributed by atoms with E-state index >= 15 is 0 Å². The molecule has 1 aromatic heterocycles. The van der Waals surface area contributed by atoms with Crippen molar-refractivity contribution >= 4 is 16.9 Å². The van der Waals surface area contributed by atoms with Gasteiger partial charge in [-0.1, -0.05) is 18.6 Å². The highest BCUT2D eigenvalue weighted by Crippen LogP contribution is 2.34. The highest BCUT2D eigenvalue weighted by Gasteiger charge is 2.14. The molecule has 146 valence electrons. The number of hydrogen-bond acceptors (Lipinski definition) is 6. The third-order valence-corrected chi connectivity index (χ3v) is 4.45. The molecule has 5 N–H and O–H groups in total. The van der Waals surface area contributed by atoms with Gasteiger partial charge in [0, 0.05) is 23.7 Å². The molecule has 0 atom stereocenters. The summed E-state index contributed by atoms with van der Waals surface area (Å²) in [4.78, 5) is 24.4. The van der Waals surface area contributed by atoms with E-state index in [0.29, 0.717) is 24.2 Å². The molecule has 0 spiro atoms. The number of hydrogen-bond donors (Lipinski definition) is 4. The lowest BCUT2D eigenvalue weighted by atomic mass is 10.1. The van der Waals surface area contributed by atoms with Gasteiger partial charge in [-0.3, -0.25) is 9.59 Å². The van der Waals surface area contributed by atoms with Crippen LogP contribution in [0.5, 0.6) is 11.5 Å². The van der Waals surface area contributed by atoms with Crippen molar-refractivity contribution in [3.63, 3.8) is 0 Å². The summed E-state index contributed by atoms with van der Waals surface area (Å²) in [5, 5.41) is 22.6. The Morgan fingerprint density at radius 1 is 1.04 bits per heavy atom. The Balaban J connectivity index is 1.79. The van der Waals surface area contributed by atoms with Gasteiger partial charge in [-0.25, -0.2) is 0 Å². The molecular formula is C21H22N2O5. The van der Waals surface area contributed by atoms with E-state index in [1.54, 1.807) is 24.3 Å². The Morgan fingerprint density at radius 3 is 2.50 bits per heavy atom. The third-order valence-electron chi connectivity index (χ3n) is 4.45. The quantitative estimate of drug-likeness (QED) is 0.368. The summed E-state index contributed by atoms with van der Waals surface area (Å²) in [6.45, 7) is 1.24. The lowest BCUT2D eigenvalue weighted by Crippen LogP contribution is -2.24. The molecule has 0 aliphatic rings. The topological polar surface area (TPSA) is 126 Å². The standard InChI is InChI=1S/C21H22N2O5/c22-10-2-1-3-11-23-21(27)14-6-4-13(5-7-14)18-12-17(25)15-8-9-16(24)19(26)20(15)28-18/h4-9,12,24,26H,1-3,10-11,22H2,(H,23,27). The SMILES string of the molecule is NCCCCCNC(=O)c1ccc(-c2cc(=O)c3ccc(O)c(O)c3o2)cc1. The van der Waals surface area contributed by atoms with Crippen molar-refractivity contribution in [3.05, 3.63) is 58.3 Å². The van der Waals surface area contributed by atoms with Crippen LogP contribution in [0, 0.1) is 0 Å². The van der Waals surface area contributed by atoms with Gasteiger partial charge in [0.15, 0.2) is 16.8 Å². The van der Waals surface area contributed by atoms with Gasteiger partial charge in [0.1, 0.15) is 5.76 Å². The van der Waals surface area contributed by atoms with Crippen molar-refractivity contribution in [1.82, 2.24) is 5.32 Å². The molecule has 3 rings (SSSR count). The van der Waals surface area contributed by atoms with Crippen LogP contribution in [-0.4, -0.2) is 29.2 Å². The summed E-state index contributed by atoms with van der Waals surface area (Å²) in [5.41, 5.74) is 6.08. The second-order valence-electron chi connectivity index (χ2n) is 6.47. The zero-order valence-electron chi connectivity index (χ0n) is 15.3. The molecule has 0 aliphatic carbocycles. The van der Waals surface area contributed by atoms with Gasteiger partial charge in [0.05, 0.1) is 5.39 Å². The van der Waals surface area contributed by atoms with Crippen LogP contribution in [0.15, 0.2) is 51.7 Å². The minimum absolute atomic E-state index is 0.0817. The molecule has 7 nitrogen and oxygen atoms in total. The van der Waals surface area contributed by atoms with E-state index in [1.165, 1.54) is 18.2 Å². The summed E-state index contributed by atoms with van der Waals surface area (Å²) in [6.07, 6.45) is 2.79. The van der Waals surface area contributed by atoms with Crippen molar-refractivity contribution < 1.29 is 19.4 Å². The monoisotopic (exact) mass is 382 g/mol. The number of aromatic hydroxyl groups is 2. The first kappa shape index (κ1) is 19.4. The number of phenols is 2. The summed E-state index contributed by atoms with van der Waals surface area (Å²) in [6, 6.07) is 10.5. The Hall–Kier alpha value is -3.32. The van der Waals surface area contributed by atoms with E-state index in [4.69, 9.17) is 10.2 Å². The molecular weight excluding hydrogens is 360 g/mol. The molecule has 28 heavy (non-hydrogen) atoms. The molecule has 0 radical (unpaired) electrons. The smallest absolute Gasteiger partial charge is 0.251 e. The number of rotatable bonds is 7. The van der Waals surface area contributed by atoms with E-state index in [1.807, 2.05) is 0 Å². The van der Waals surface area contributed by atoms with Gasteiger partial charge in [0.25, 0.3) is 5.91 Å². The van der Waals surface area contributed by atoms with Crippen LogP contribution in [0.25, 0.3) is 22.3 Å². The Labute approximate surface area is 161 Å². The first-order valence-electron chi connectivity index (χ1n) is 9.08. The van der Waals surface area contributed by atoms with Gasteiger partial charge in [-0.05, 0) is 43.7 Å². The van der Waals surface area contributed by atoms with Crippen molar-refractivity contribution in [3.8, 4) is 22.8 Å². The summed E-state index contributed by atoms with van der Waals surface area (Å²) in [7, 11) is 0. The highest BCUT2D eigenvalue weighted by molar-refractivity contribution is 5.94. The molecule has 0 bridgehead atoms. The maximum atomic E-state index is 12.3. The summed E-state index contributed by atoms with van der Waals surface area (Å²) in [5.74, 6) is -0.803. The van der Waals surface area contributed by atoms with Gasteiger partial charge >= 0.3 is 0 Å². The number of unbranched alkanes of at least 4 members (excludes halogenated alkanes) is 2. The molecule has 1 amide bonds. The van der Waals surface area contributed by atoms with Gasteiger partial charge < -0.3 is 25.7 Å².